The first-order chi connectivity index (χ1) is 18.6. The predicted octanol–water partition coefficient (Wildman–Crippen LogP) is 7.18. The van der Waals surface area contributed by atoms with Crippen LogP contribution in [0.25, 0.3) is 5.57 Å². The molecule has 0 atom stereocenters. The molecule has 6 heteroatoms. The van der Waals surface area contributed by atoms with Crippen molar-refractivity contribution in [3.05, 3.63) is 138 Å². The van der Waals surface area contributed by atoms with Gasteiger partial charge >= 0.3 is 13.8 Å². The number of benzene rings is 4. The molecule has 0 saturated carbocycles. The molecule has 192 valence electrons. The van der Waals surface area contributed by atoms with Crippen molar-refractivity contribution >= 4 is 30.7 Å². The van der Waals surface area contributed by atoms with Gasteiger partial charge < -0.3 is 4.74 Å². The lowest BCUT2D eigenvalue weighted by atomic mass is 9.97. The zero-order valence-corrected chi connectivity index (χ0v) is 22.4. The lowest BCUT2D eigenvalue weighted by molar-refractivity contribution is -0.142. The highest BCUT2D eigenvalue weighted by Gasteiger charge is 2.60. The summed E-state index contributed by atoms with van der Waals surface area (Å²) in [7, 11) is -3.31. The van der Waals surface area contributed by atoms with Crippen molar-refractivity contribution in [3.8, 4) is 0 Å². The maximum absolute atomic E-state index is 13.2. The fourth-order valence-corrected chi connectivity index (χ4v) is 8.46. The maximum atomic E-state index is 13.2. The Hall–Kier alpha value is -3.92. The number of esters is 1. The average Bonchev–Trinajstić information content (AvgIpc) is 3.33. The molecule has 0 aromatic heterocycles. The minimum Gasteiger partial charge on any atom is -0.466 e. The second-order valence-corrected chi connectivity index (χ2v) is 11.7. The number of nitrogens with zero attached hydrogens (tertiary/aromatic N) is 2. The lowest BCUT2D eigenvalue weighted by Crippen LogP contribution is -2.28. The Morgan fingerprint density at radius 2 is 1.11 bits per heavy atom. The zero-order chi connectivity index (χ0) is 26.4. The molecule has 5 nitrogen and oxygen atoms in total. The van der Waals surface area contributed by atoms with Gasteiger partial charge in [0.25, 0.3) is 0 Å². The first-order valence-corrected chi connectivity index (χ1v) is 14.6. The van der Waals surface area contributed by atoms with Gasteiger partial charge in [-0.15, -0.1) is 0 Å². The summed E-state index contributed by atoms with van der Waals surface area (Å²) in [6.07, 6.45) is -0.0239. The third kappa shape index (κ3) is 5.08. The highest BCUT2D eigenvalue weighted by molar-refractivity contribution is 7.78. The summed E-state index contributed by atoms with van der Waals surface area (Å²) in [5, 5.41) is 0.679. The fourth-order valence-electron chi connectivity index (χ4n) is 5.07. The van der Waals surface area contributed by atoms with E-state index in [4.69, 9.17) is 4.74 Å². The molecule has 1 heterocycles. The van der Waals surface area contributed by atoms with Crippen molar-refractivity contribution in [3.63, 3.8) is 0 Å². The van der Waals surface area contributed by atoms with Crippen molar-refractivity contribution in [2.24, 2.45) is 0 Å². The Labute approximate surface area is 225 Å². The minimum atomic E-state index is -3.31. The number of rotatable bonds is 8. The van der Waals surface area contributed by atoms with E-state index >= 15 is 0 Å². The summed E-state index contributed by atoms with van der Waals surface area (Å²) in [6.45, 7) is 3.32. The number of anilines is 2. The SMILES string of the molecule is CCOC(=O)CC(=C(c1ccccc1)c1ccccc1)[P+]1(O)N(c2ccccc2)CCN1c1ccccc1. The van der Waals surface area contributed by atoms with Crippen molar-refractivity contribution in [2.75, 3.05) is 29.0 Å². The predicted molar refractivity (Wildman–Crippen MR) is 157 cm³/mol. The molecular weight excluding hydrogens is 491 g/mol. The van der Waals surface area contributed by atoms with Gasteiger partial charge in [0.1, 0.15) is 6.42 Å². The molecule has 38 heavy (non-hydrogen) atoms. The van der Waals surface area contributed by atoms with Crippen LogP contribution in [0.1, 0.15) is 24.5 Å². The van der Waals surface area contributed by atoms with Crippen LogP contribution < -0.4 is 9.34 Å². The number of carbonyl (C=O) groups excluding carboxylic acids is 1. The lowest BCUT2D eigenvalue weighted by Gasteiger charge is -2.34. The summed E-state index contributed by atoms with van der Waals surface area (Å²) in [6, 6.07) is 40.0. The monoisotopic (exact) mass is 523 g/mol. The first-order valence-electron chi connectivity index (χ1n) is 12.9. The number of ether oxygens (including phenoxy) is 1. The average molecular weight is 524 g/mol. The van der Waals surface area contributed by atoms with Gasteiger partial charge in [0.15, 0.2) is 5.31 Å². The topological polar surface area (TPSA) is 53.0 Å². The number of hydrogen-bond donors (Lipinski definition) is 1. The third-order valence-electron chi connectivity index (χ3n) is 6.70. The van der Waals surface area contributed by atoms with Gasteiger partial charge in [-0.1, -0.05) is 97.1 Å². The van der Waals surface area contributed by atoms with Crippen LogP contribution in [0.2, 0.25) is 0 Å². The molecule has 0 unspecified atom stereocenters. The van der Waals surface area contributed by atoms with E-state index in [2.05, 4.69) is 9.34 Å². The van der Waals surface area contributed by atoms with Crippen LogP contribution in [-0.4, -0.2) is 30.6 Å². The van der Waals surface area contributed by atoms with Crippen LogP contribution >= 0.6 is 7.79 Å². The van der Waals surface area contributed by atoms with Crippen molar-refractivity contribution < 1.29 is 14.4 Å². The van der Waals surface area contributed by atoms with E-state index < -0.39 is 7.79 Å². The van der Waals surface area contributed by atoms with E-state index in [-0.39, 0.29) is 19.0 Å². The largest absolute Gasteiger partial charge is 0.466 e. The Morgan fingerprint density at radius 3 is 1.50 bits per heavy atom. The molecular formula is C32H32N2O3P+. The summed E-state index contributed by atoms with van der Waals surface area (Å²) >= 11 is 0. The molecule has 1 aliphatic rings. The molecule has 5 rings (SSSR count). The summed E-state index contributed by atoms with van der Waals surface area (Å²) < 4.78 is 9.67. The van der Waals surface area contributed by atoms with E-state index in [0.29, 0.717) is 18.4 Å². The summed E-state index contributed by atoms with van der Waals surface area (Å²) in [4.78, 5) is 26.4. The van der Waals surface area contributed by atoms with Crippen molar-refractivity contribution in [2.45, 2.75) is 13.3 Å². The highest BCUT2D eigenvalue weighted by Crippen LogP contribution is 2.74. The van der Waals surface area contributed by atoms with Gasteiger partial charge in [0.2, 0.25) is 0 Å². The van der Waals surface area contributed by atoms with E-state index in [9.17, 15) is 9.69 Å². The second kappa shape index (κ2) is 11.6. The maximum Gasteiger partial charge on any atom is 0.363 e. The van der Waals surface area contributed by atoms with Gasteiger partial charge in [-0.3, -0.25) is 4.79 Å². The molecule has 0 spiro atoms. The Kier molecular flexibility index (Phi) is 7.88. The van der Waals surface area contributed by atoms with E-state index in [0.717, 1.165) is 28.1 Å². The quantitative estimate of drug-likeness (QED) is 0.196. The molecule has 0 aliphatic carbocycles. The smallest absolute Gasteiger partial charge is 0.363 e. The number of hydrogen-bond acceptors (Lipinski definition) is 5. The van der Waals surface area contributed by atoms with Crippen LogP contribution in [0.3, 0.4) is 0 Å². The Morgan fingerprint density at radius 1 is 0.711 bits per heavy atom. The summed E-state index contributed by atoms with van der Waals surface area (Å²) in [5.41, 5.74) is 4.59. The van der Waals surface area contributed by atoms with Crippen LogP contribution in [0.15, 0.2) is 127 Å². The van der Waals surface area contributed by atoms with Crippen LogP contribution in [0, 0.1) is 0 Å². The fraction of sp³-hybridized carbons (Fsp3) is 0.156. The van der Waals surface area contributed by atoms with Crippen LogP contribution in [-0.2, 0) is 9.53 Å². The molecule has 0 bridgehead atoms. The molecule has 1 fully saturated rings. The Balaban J connectivity index is 1.83. The van der Waals surface area contributed by atoms with Gasteiger partial charge in [-0.25, -0.2) is 0 Å². The third-order valence-corrected chi connectivity index (χ3v) is 10.0. The molecule has 1 saturated heterocycles. The molecule has 4 aromatic rings. The van der Waals surface area contributed by atoms with Crippen molar-refractivity contribution in [1.29, 1.82) is 0 Å². The van der Waals surface area contributed by atoms with Gasteiger partial charge in [-0.2, -0.15) is 14.2 Å². The first kappa shape index (κ1) is 25.7. The minimum absolute atomic E-state index is 0.0239. The van der Waals surface area contributed by atoms with E-state index in [1.54, 1.807) is 0 Å². The molecule has 0 amide bonds. The van der Waals surface area contributed by atoms with Gasteiger partial charge in [-0.05, 0) is 42.3 Å². The Bertz CT molecular complexity index is 1290. The number of para-hydroxylation sites is 2. The van der Waals surface area contributed by atoms with Crippen molar-refractivity contribution in [1.82, 2.24) is 0 Å². The van der Waals surface area contributed by atoms with Crippen LogP contribution in [0.5, 0.6) is 0 Å². The molecule has 0 radical (unpaired) electrons. The van der Waals surface area contributed by atoms with E-state index in [1.165, 1.54) is 0 Å². The van der Waals surface area contributed by atoms with Gasteiger partial charge in [0.05, 0.1) is 31.1 Å². The second-order valence-electron chi connectivity index (χ2n) is 9.02. The van der Waals surface area contributed by atoms with E-state index in [1.807, 2.05) is 128 Å². The molecule has 1 N–H and O–H groups in total. The van der Waals surface area contributed by atoms with Crippen LogP contribution in [0.4, 0.5) is 11.4 Å². The normalized spacial score (nSPS) is 14.3. The zero-order valence-electron chi connectivity index (χ0n) is 21.5. The number of carbonyl (C=O) groups is 1. The standard InChI is InChI=1S/C32H32N2O3P/c1-2-37-31(35)25-30(32(26-15-7-3-8-16-26)27-17-9-4-10-18-27)38(36)33(28-19-11-5-12-20-28)23-24-34(38)29-21-13-6-14-22-29/h3-22,36H,2,23-25H2,1H3/q+1. The molecule has 1 aliphatic heterocycles. The molecule has 4 aromatic carbocycles. The van der Waals surface area contributed by atoms with Gasteiger partial charge in [0, 0.05) is 5.57 Å². The summed E-state index contributed by atoms with van der Waals surface area (Å²) in [5.74, 6) is -0.354. The highest BCUT2D eigenvalue weighted by atomic mass is 31.2.